The molecule has 2 aliphatic heterocycles. The zero-order chi connectivity index (χ0) is 8.72. The molecule has 0 N–H and O–H groups in total. The minimum absolute atomic E-state index is 0.00129. The van der Waals surface area contributed by atoms with Crippen molar-refractivity contribution in [3.8, 4) is 0 Å². The van der Waals surface area contributed by atoms with Gasteiger partial charge in [-0.1, -0.05) is 19.3 Å². The van der Waals surface area contributed by atoms with Crippen LogP contribution in [-0.4, -0.2) is 24.4 Å². The van der Waals surface area contributed by atoms with E-state index in [0.717, 1.165) is 18.7 Å². The second-order valence-electron chi connectivity index (χ2n) is 3.52. The van der Waals surface area contributed by atoms with E-state index >= 15 is 0 Å². The van der Waals surface area contributed by atoms with Gasteiger partial charge in [0.2, 0.25) is 0 Å². The molecular formula is C9H11O2P. The molecule has 2 heterocycles. The number of fused-ring (bicyclic) bond motifs is 2. The molecule has 12 heavy (non-hydrogen) atoms. The lowest BCUT2D eigenvalue weighted by atomic mass is 9.88. The van der Waals surface area contributed by atoms with Crippen molar-refractivity contribution >= 4 is 20.5 Å². The van der Waals surface area contributed by atoms with Gasteiger partial charge in [-0.25, -0.2) is 0 Å². The van der Waals surface area contributed by atoms with E-state index in [1.54, 1.807) is 0 Å². The van der Waals surface area contributed by atoms with E-state index in [1.165, 1.54) is 5.57 Å². The summed E-state index contributed by atoms with van der Waals surface area (Å²) >= 11 is 0. The van der Waals surface area contributed by atoms with Gasteiger partial charge in [-0.15, -0.1) is 0 Å². The van der Waals surface area contributed by atoms with E-state index in [9.17, 15) is 9.59 Å². The van der Waals surface area contributed by atoms with Crippen molar-refractivity contribution < 1.29 is 9.59 Å². The highest BCUT2D eigenvalue weighted by atomic mass is 31.1. The van der Waals surface area contributed by atoms with Crippen molar-refractivity contribution in [2.75, 3.05) is 6.16 Å². The molecule has 3 heteroatoms. The first-order valence-corrected chi connectivity index (χ1v) is 5.79. The summed E-state index contributed by atoms with van der Waals surface area (Å²) in [5, 5.41) is 0. The van der Waals surface area contributed by atoms with Crippen LogP contribution in [0, 0.1) is 11.8 Å². The van der Waals surface area contributed by atoms with Crippen LogP contribution in [-0.2, 0) is 9.59 Å². The lowest BCUT2D eigenvalue weighted by Gasteiger charge is -2.20. The SMILES string of the molecule is CC1=CP2CC1C(C=O)C2C=O. The molecule has 1 fully saturated rings. The largest absolute Gasteiger partial charge is 0.303 e. The average Bonchev–Trinajstić information content (AvgIpc) is 2.58. The summed E-state index contributed by atoms with van der Waals surface area (Å²) in [4.78, 5) is 21.4. The summed E-state index contributed by atoms with van der Waals surface area (Å²) in [5.41, 5.74) is 1.36. The number of rotatable bonds is 2. The van der Waals surface area contributed by atoms with Crippen LogP contribution >= 0.6 is 7.92 Å². The Bertz CT molecular complexity index is 259. The van der Waals surface area contributed by atoms with Gasteiger partial charge in [0.15, 0.2) is 0 Å². The van der Waals surface area contributed by atoms with Crippen molar-refractivity contribution in [3.63, 3.8) is 0 Å². The first-order valence-electron chi connectivity index (χ1n) is 4.12. The number of carbonyl (C=O) groups excluding carboxylic acids is 2. The quantitative estimate of drug-likeness (QED) is 0.477. The number of carbonyl (C=O) groups is 2. The van der Waals surface area contributed by atoms with Gasteiger partial charge in [-0.05, 0) is 19.0 Å². The molecule has 1 saturated heterocycles. The third-order valence-electron chi connectivity index (χ3n) is 2.90. The monoisotopic (exact) mass is 182 g/mol. The fourth-order valence-corrected chi connectivity index (χ4v) is 5.32. The first kappa shape index (κ1) is 8.12. The van der Waals surface area contributed by atoms with Crippen molar-refractivity contribution in [1.29, 1.82) is 0 Å². The Balaban J connectivity index is 2.31. The van der Waals surface area contributed by atoms with Gasteiger partial charge < -0.3 is 9.59 Å². The molecule has 0 saturated carbocycles. The molecule has 2 bridgehead atoms. The fourth-order valence-electron chi connectivity index (χ4n) is 2.22. The molecule has 4 atom stereocenters. The minimum atomic E-state index is -0.278. The number of allylic oxidation sites excluding steroid dienone is 1. The Morgan fingerprint density at radius 2 is 2.25 bits per heavy atom. The molecule has 2 rings (SSSR count). The summed E-state index contributed by atoms with van der Waals surface area (Å²) in [6, 6.07) is 0. The highest BCUT2D eigenvalue weighted by Crippen LogP contribution is 2.62. The number of hydrogen-bond donors (Lipinski definition) is 0. The smallest absolute Gasteiger partial charge is 0.128 e. The van der Waals surface area contributed by atoms with Crippen molar-refractivity contribution in [3.05, 3.63) is 11.4 Å². The minimum Gasteiger partial charge on any atom is -0.303 e. The van der Waals surface area contributed by atoms with Gasteiger partial charge in [0.05, 0.1) is 0 Å². The third kappa shape index (κ3) is 0.910. The Kier molecular flexibility index (Phi) is 1.88. The molecule has 64 valence electrons. The van der Waals surface area contributed by atoms with E-state index in [4.69, 9.17) is 0 Å². The molecule has 0 radical (unpaired) electrons. The van der Waals surface area contributed by atoms with Gasteiger partial charge in [-0.2, -0.15) is 0 Å². The lowest BCUT2D eigenvalue weighted by Crippen LogP contribution is -2.24. The molecule has 2 nitrogen and oxygen atoms in total. The highest BCUT2D eigenvalue weighted by molar-refractivity contribution is 7.63. The van der Waals surface area contributed by atoms with Gasteiger partial charge in [0.1, 0.15) is 12.6 Å². The van der Waals surface area contributed by atoms with Crippen LogP contribution in [0.25, 0.3) is 0 Å². The summed E-state index contributed by atoms with van der Waals surface area (Å²) in [6.45, 7) is 2.07. The second-order valence-corrected chi connectivity index (χ2v) is 5.76. The molecule has 0 aromatic rings. The van der Waals surface area contributed by atoms with Crippen LogP contribution in [0.15, 0.2) is 11.4 Å². The molecule has 2 aliphatic rings. The van der Waals surface area contributed by atoms with E-state index in [2.05, 4.69) is 12.7 Å². The van der Waals surface area contributed by atoms with E-state index < -0.39 is 0 Å². The van der Waals surface area contributed by atoms with Crippen molar-refractivity contribution in [1.82, 2.24) is 0 Å². The Hall–Kier alpha value is -0.490. The fraction of sp³-hybridized carbons (Fsp3) is 0.556. The van der Waals surface area contributed by atoms with Crippen LogP contribution in [0.3, 0.4) is 0 Å². The maximum atomic E-state index is 10.7. The molecule has 0 aliphatic carbocycles. The summed E-state index contributed by atoms with van der Waals surface area (Å²) in [7, 11) is -0.278. The van der Waals surface area contributed by atoms with Crippen molar-refractivity contribution in [2.45, 2.75) is 12.6 Å². The third-order valence-corrected chi connectivity index (χ3v) is 5.69. The molecule has 0 aromatic carbocycles. The number of hydrogen-bond acceptors (Lipinski definition) is 2. The highest BCUT2D eigenvalue weighted by Gasteiger charge is 2.46. The maximum absolute atomic E-state index is 10.7. The molecule has 0 spiro atoms. The zero-order valence-corrected chi connectivity index (χ0v) is 7.83. The molecule has 0 amide bonds. The molecule has 4 unspecified atom stereocenters. The predicted molar refractivity (Wildman–Crippen MR) is 48.4 cm³/mol. The van der Waals surface area contributed by atoms with Crippen LogP contribution in [0.2, 0.25) is 0 Å². The normalized spacial score (nSPS) is 44.2. The topological polar surface area (TPSA) is 34.1 Å². The first-order chi connectivity index (χ1) is 5.77. The van der Waals surface area contributed by atoms with Crippen LogP contribution < -0.4 is 0 Å². The van der Waals surface area contributed by atoms with Crippen LogP contribution in [0.4, 0.5) is 0 Å². The average molecular weight is 182 g/mol. The molecule has 0 aromatic heterocycles. The summed E-state index contributed by atoms with van der Waals surface area (Å²) in [6.07, 6.45) is 3.03. The van der Waals surface area contributed by atoms with Gasteiger partial charge in [-0.3, -0.25) is 0 Å². The van der Waals surface area contributed by atoms with E-state index in [1.807, 2.05) is 0 Å². The summed E-state index contributed by atoms with van der Waals surface area (Å²) in [5.74, 6) is 2.61. The summed E-state index contributed by atoms with van der Waals surface area (Å²) < 4.78 is 0. The van der Waals surface area contributed by atoms with Crippen molar-refractivity contribution in [2.24, 2.45) is 11.8 Å². The number of aldehydes is 2. The van der Waals surface area contributed by atoms with E-state index in [-0.39, 0.29) is 19.5 Å². The Morgan fingerprint density at radius 3 is 2.83 bits per heavy atom. The van der Waals surface area contributed by atoms with E-state index in [0.29, 0.717) is 5.92 Å². The molecular weight excluding hydrogens is 171 g/mol. The van der Waals surface area contributed by atoms with Crippen LogP contribution in [0.5, 0.6) is 0 Å². The predicted octanol–water partition coefficient (Wildman–Crippen LogP) is 1.40. The Morgan fingerprint density at radius 1 is 1.50 bits per heavy atom. The Labute approximate surface area is 72.8 Å². The second kappa shape index (κ2) is 2.77. The maximum Gasteiger partial charge on any atom is 0.128 e. The van der Waals surface area contributed by atoms with Crippen LogP contribution in [0.1, 0.15) is 6.92 Å². The van der Waals surface area contributed by atoms with Gasteiger partial charge in [0.25, 0.3) is 0 Å². The van der Waals surface area contributed by atoms with Gasteiger partial charge in [0, 0.05) is 11.6 Å². The standard InChI is InChI=1S/C9H11O2P/c1-6-4-12-5-8(6)7(2-10)9(12)3-11/h2-4,7-9H,5H2,1H3. The zero-order valence-electron chi connectivity index (χ0n) is 6.93. The lowest BCUT2D eigenvalue weighted by molar-refractivity contribution is -0.115. The van der Waals surface area contributed by atoms with Gasteiger partial charge >= 0.3 is 0 Å².